The summed E-state index contributed by atoms with van der Waals surface area (Å²) in [7, 11) is 0. The molecule has 19 atom stereocenters. The highest BCUT2D eigenvalue weighted by Crippen LogP contribution is 2.37. The van der Waals surface area contributed by atoms with Crippen LogP contribution in [0.5, 0.6) is 0 Å². The number of carbonyl (C=O) groups is 7. The third kappa shape index (κ3) is 30.3. The van der Waals surface area contributed by atoms with Gasteiger partial charge in [0.15, 0.2) is 18.9 Å². The van der Waals surface area contributed by atoms with Gasteiger partial charge in [-0.25, -0.2) is 33.4 Å². The maximum Gasteiger partial charge on any atom is 0.408 e. The van der Waals surface area contributed by atoms with Gasteiger partial charge in [0.25, 0.3) is 0 Å². The number of rotatable bonds is 28. The van der Waals surface area contributed by atoms with Crippen LogP contribution < -0.4 is 31.9 Å². The van der Waals surface area contributed by atoms with Crippen molar-refractivity contribution in [2.75, 3.05) is 13.1 Å². The van der Waals surface area contributed by atoms with Crippen molar-refractivity contribution in [2.24, 2.45) is 0 Å². The molecule has 6 amide bonds. The van der Waals surface area contributed by atoms with Crippen molar-refractivity contribution < 1.29 is 126 Å². The molecule has 0 bridgehead atoms. The highest BCUT2D eigenvalue weighted by molar-refractivity contribution is 5.71. The lowest BCUT2D eigenvalue weighted by Gasteiger charge is -2.49. The molecule has 103 heavy (non-hydrogen) atoms. The van der Waals surface area contributed by atoms with Gasteiger partial charge in [-0.2, -0.15) is 0 Å². The maximum atomic E-state index is 14.1. The summed E-state index contributed by atoms with van der Waals surface area (Å²) in [6, 6.07) is -6.55. The molecule has 1 aliphatic carbocycles. The molecule has 1 aromatic heterocycles. The van der Waals surface area contributed by atoms with E-state index in [0.717, 1.165) is 32.1 Å². The van der Waals surface area contributed by atoms with Crippen molar-refractivity contribution in [1.29, 1.82) is 0 Å². The first kappa shape index (κ1) is 87.4. The largest absolute Gasteiger partial charge is 0.459 e. The van der Waals surface area contributed by atoms with Gasteiger partial charge < -0.3 is 124 Å². The van der Waals surface area contributed by atoms with Crippen LogP contribution in [0.1, 0.15) is 208 Å². The number of unbranched alkanes of at least 4 members (excludes halogenated alkanes) is 8. The fraction of sp³-hybridized carbons (Fsp3) is 0.868. The van der Waals surface area contributed by atoms with Crippen LogP contribution in [0.4, 0.5) is 28.8 Å². The number of nitrogens with zero attached hydrogens (tertiary/aromatic N) is 3. The summed E-state index contributed by atoms with van der Waals surface area (Å²) in [6.45, 7) is 28.9. The summed E-state index contributed by atoms with van der Waals surface area (Å²) >= 11 is 0. The molecule has 5 rings (SSSR count). The summed E-state index contributed by atoms with van der Waals surface area (Å²) in [6.07, 6.45) is -23.8. The third-order valence-corrected chi connectivity index (χ3v) is 15.8. The highest BCUT2D eigenvalue weighted by Gasteiger charge is 2.57. The van der Waals surface area contributed by atoms with Gasteiger partial charge in [-0.3, -0.25) is 4.79 Å². The monoisotopic (exact) mass is 1480 g/mol. The SMILES string of the molecule is CCCCCCCCCCCC(=O)OCc1cn(C[C@H]2O[C@@H](O[C@@H]3[C@@H](O)[C@H](NC(=O)OC(C)(C)C)C[C@H](NC(=O)OC(C)(C)C)[C@H]3O[C@H]3O[C@H](CNC(=O)OC(C)(C)C)[C@@H](O)[C@H](O)[C@H]3NC(=O)OC(C)(C)C)[C@H](O)[C@@H]2O[C@H]2O[C@@H](CNC(=O)OC(C)(C)C)[C@@H](O)[C@H](O)[C@H]2NC(=O)OC(C)(C)C)nn1. The minimum Gasteiger partial charge on any atom is -0.459 e. The van der Waals surface area contributed by atoms with Gasteiger partial charge >= 0.3 is 42.5 Å². The smallest absolute Gasteiger partial charge is 0.408 e. The number of hydrogen-bond donors (Lipinski definition) is 12. The molecule has 1 aromatic rings. The average Bonchev–Trinajstić information content (AvgIpc) is 1.73. The van der Waals surface area contributed by atoms with Gasteiger partial charge in [0.1, 0.15) is 131 Å². The minimum absolute atomic E-state index is 0.169. The van der Waals surface area contributed by atoms with Crippen LogP contribution in [0.15, 0.2) is 6.20 Å². The first-order valence-corrected chi connectivity index (χ1v) is 35.6. The molecule has 35 nitrogen and oxygen atoms in total. The van der Waals surface area contributed by atoms with E-state index in [9.17, 15) is 64.2 Å². The van der Waals surface area contributed by atoms with Gasteiger partial charge in [0.2, 0.25) is 0 Å². The Morgan fingerprint density at radius 2 is 0.825 bits per heavy atom. The zero-order chi connectivity index (χ0) is 77.3. The van der Waals surface area contributed by atoms with E-state index < -0.39 is 218 Å². The number of carbonyl (C=O) groups excluding carboxylic acids is 7. The Kier molecular flexibility index (Phi) is 32.1. The van der Waals surface area contributed by atoms with Crippen molar-refractivity contribution in [2.45, 2.75) is 365 Å². The van der Waals surface area contributed by atoms with E-state index in [4.69, 9.17) is 61.6 Å². The van der Waals surface area contributed by atoms with Crippen molar-refractivity contribution in [1.82, 2.24) is 46.9 Å². The van der Waals surface area contributed by atoms with Crippen LogP contribution in [0.2, 0.25) is 0 Å². The Morgan fingerprint density at radius 3 is 1.26 bits per heavy atom. The van der Waals surface area contributed by atoms with Crippen LogP contribution in [0.25, 0.3) is 0 Å². The standard InChI is InChI=1S/C68H119N9O26/c1-20-21-22-23-24-25-26-27-28-29-42(78)91-35-36-33-77(76-75-36)34-41-52(96-55-44(74-62(90)103-68(17,18)19)49(83)47(81)40(93-55)32-70-58(86)99-64(5,6)7)50(84)56(94-41)97-53-45(79)37(71-59(87)100-65(8,9)10)30-38(72-60(88)101-66(11,12)13)51(53)95-54-43(73-61(89)102-67(14,15)16)48(82)46(80)39(92-54)31-69-57(85)98-63(2,3)4/h33,37-41,43-56,79-84H,20-32,34-35H2,1-19H3,(H,69,85)(H,70,86)(H,71,87)(H,72,88)(H,73,89)(H,74,90)/t37-,38+,39-,40+,41-,43-,44-,45+,46-,47-,48-,49-,50-,51-,52-,53-,54-,55-,56+/m1/s1. The fourth-order valence-corrected chi connectivity index (χ4v) is 11.4. The van der Waals surface area contributed by atoms with Crippen molar-refractivity contribution in [3.8, 4) is 0 Å². The van der Waals surface area contributed by atoms with E-state index >= 15 is 0 Å². The van der Waals surface area contributed by atoms with Gasteiger partial charge in [0.05, 0.1) is 24.8 Å². The number of amides is 6. The zero-order valence-corrected chi connectivity index (χ0v) is 63.3. The number of aliphatic hydroxyl groups is 6. The van der Waals surface area contributed by atoms with Crippen LogP contribution in [0.3, 0.4) is 0 Å². The molecule has 0 radical (unpaired) electrons. The second-order valence-electron chi connectivity index (χ2n) is 32.4. The van der Waals surface area contributed by atoms with Crippen molar-refractivity contribution in [3.63, 3.8) is 0 Å². The molecule has 4 heterocycles. The van der Waals surface area contributed by atoms with Crippen molar-refractivity contribution >= 4 is 42.5 Å². The van der Waals surface area contributed by atoms with E-state index in [1.54, 1.807) is 125 Å². The first-order valence-electron chi connectivity index (χ1n) is 35.6. The maximum absolute atomic E-state index is 14.1. The molecule has 0 unspecified atom stereocenters. The number of nitrogens with one attached hydrogen (secondary N) is 6. The fourth-order valence-electron chi connectivity index (χ4n) is 11.4. The molecule has 35 heteroatoms. The Balaban J connectivity index is 1.64. The van der Waals surface area contributed by atoms with Crippen LogP contribution in [-0.2, 0) is 79.5 Å². The van der Waals surface area contributed by atoms with E-state index in [1.807, 2.05) is 0 Å². The molecular formula is C68H119N9O26. The molecule has 12 N–H and O–H groups in total. The second-order valence-corrected chi connectivity index (χ2v) is 32.4. The van der Waals surface area contributed by atoms with Gasteiger partial charge in [-0.05, 0) is 137 Å². The summed E-state index contributed by atoms with van der Waals surface area (Å²) in [4.78, 5) is 94.3. The number of aliphatic hydroxyl groups excluding tert-OH is 6. The zero-order valence-electron chi connectivity index (χ0n) is 63.3. The summed E-state index contributed by atoms with van der Waals surface area (Å²) in [5, 5.41) is 96.7. The van der Waals surface area contributed by atoms with E-state index in [2.05, 4.69) is 49.1 Å². The molecule has 3 saturated heterocycles. The molecule has 4 aliphatic rings. The Bertz CT molecular complexity index is 2860. The van der Waals surface area contributed by atoms with Gasteiger partial charge in [-0.15, -0.1) is 5.10 Å². The van der Waals surface area contributed by atoms with Crippen LogP contribution in [0, 0.1) is 0 Å². The average molecular weight is 1480 g/mol. The molecular weight excluding hydrogens is 1360 g/mol. The lowest BCUT2D eigenvalue weighted by molar-refractivity contribution is -0.311. The number of esters is 1. The Morgan fingerprint density at radius 1 is 0.447 bits per heavy atom. The topological polar surface area (TPSA) is 464 Å². The highest BCUT2D eigenvalue weighted by atomic mass is 16.8. The molecule has 3 aliphatic heterocycles. The number of hydrogen-bond acceptors (Lipinski definition) is 28. The van der Waals surface area contributed by atoms with E-state index in [0.29, 0.717) is 6.42 Å². The van der Waals surface area contributed by atoms with Gasteiger partial charge in [0, 0.05) is 19.5 Å². The molecule has 0 spiro atoms. The number of alkyl carbamates (subject to hydrolysis) is 6. The lowest BCUT2D eigenvalue weighted by atomic mass is 9.83. The van der Waals surface area contributed by atoms with Crippen LogP contribution in [-0.4, -0.2) is 251 Å². The Labute approximate surface area is 603 Å². The van der Waals surface area contributed by atoms with Crippen molar-refractivity contribution in [3.05, 3.63) is 11.9 Å². The second kappa shape index (κ2) is 37.8. The first-order chi connectivity index (χ1) is 47.6. The molecule has 1 saturated carbocycles. The summed E-state index contributed by atoms with van der Waals surface area (Å²) in [5.41, 5.74) is -6.27. The van der Waals surface area contributed by atoms with Crippen LogP contribution >= 0.6 is 0 Å². The Hall–Kier alpha value is -6.25. The summed E-state index contributed by atoms with van der Waals surface area (Å²) < 4.78 is 79.3. The quantitative estimate of drug-likeness (QED) is 0.0305. The summed E-state index contributed by atoms with van der Waals surface area (Å²) in [5.74, 6) is -0.463. The number of ether oxygens (including phenoxy) is 13. The predicted molar refractivity (Wildman–Crippen MR) is 364 cm³/mol. The van der Waals surface area contributed by atoms with E-state index in [-0.39, 0.29) is 18.7 Å². The molecule has 0 aromatic carbocycles. The molecule has 4 fully saturated rings. The minimum atomic E-state index is -2.10. The lowest BCUT2D eigenvalue weighted by Crippen LogP contribution is -2.70. The normalized spacial score (nSPS) is 29.3. The number of aromatic nitrogens is 3. The molecule has 592 valence electrons. The van der Waals surface area contributed by atoms with E-state index in [1.165, 1.54) is 30.1 Å². The predicted octanol–water partition coefficient (Wildman–Crippen LogP) is 4.76. The third-order valence-electron chi connectivity index (χ3n) is 15.8. The van der Waals surface area contributed by atoms with Gasteiger partial charge in [-0.1, -0.05) is 63.5 Å².